The molecular formula is C23H23N3O2. The predicted molar refractivity (Wildman–Crippen MR) is 111 cm³/mol. The molecule has 4 aromatic rings. The number of nitrogens with zero attached hydrogens (tertiary/aromatic N) is 3. The van der Waals surface area contributed by atoms with Crippen molar-refractivity contribution >= 4 is 11.0 Å². The first-order chi connectivity index (χ1) is 13.6. The van der Waals surface area contributed by atoms with E-state index in [0.29, 0.717) is 13.2 Å². The van der Waals surface area contributed by atoms with E-state index in [0.717, 1.165) is 40.1 Å². The predicted octanol–water partition coefficient (Wildman–Crippen LogP) is 4.27. The summed E-state index contributed by atoms with van der Waals surface area (Å²) in [4.78, 5) is 12.8. The van der Waals surface area contributed by atoms with Gasteiger partial charge in [-0.2, -0.15) is 5.10 Å². The lowest BCUT2D eigenvalue weighted by Crippen LogP contribution is -2.23. The normalized spacial score (nSPS) is 11.1. The van der Waals surface area contributed by atoms with E-state index >= 15 is 0 Å². The van der Waals surface area contributed by atoms with Gasteiger partial charge in [-0.15, -0.1) is 0 Å². The fourth-order valence-corrected chi connectivity index (χ4v) is 3.56. The number of benzene rings is 2. The van der Waals surface area contributed by atoms with Crippen molar-refractivity contribution in [3.05, 3.63) is 88.3 Å². The minimum atomic E-state index is -0.0122. The van der Waals surface area contributed by atoms with Gasteiger partial charge in [-0.1, -0.05) is 36.4 Å². The van der Waals surface area contributed by atoms with E-state index in [-0.39, 0.29) is 5.56 Å². The van der Waals surface area contributed by atoms with Gasteiger partial charge in [0.05, 0.1) is 18.0 Å². The van der Waals surface area contributed by atoms with E-state index in [2.05, 4.69) is 0 Å². The number of aryl methyl sites for hydroxylation is 3. The standard InChI is InChI=1S/C23H23N3O2/c1-17-16-21(27)25(14-9-15-28-20-12-7-4-8-13-20)23-22(17)18(2)24-26(23)19-10-5-3-6-11-19/h3-8,10-13,16H,9,14-15H2,1-2H3. The van der Waals surface area contributed by atoms with Gasteiger partial charge in [-0.3, -0.25) is 9.36 Å². The van der Waals surface area contributed by atoms with E-state index in [1.54, 1.807) is 6.07 Å². The first-order valence-electron chi connectivity index (χ1n) is 9.48. The molecule has 28 heavy (non-hydrogen) atoms. The number of aromatic nitrogens is 3. The monoisotopic (exact) mass is 373 g/mol. The molecule has 0 spiro atoms. The lowest BCUT2D eigenvalue weighted by atomic mass is 10.1. The fourth-order valence-electron chi connectivity index (χ4n) is 3.56. The van der Waals surface area contributed by atoms with Crippen LogP contribution < -0.4 is 10.3 Å². The molecule has 2 aromatic carbocycles. The quantitative estimate of drug-likeness (QED) is 0.474. The summed E-state index contributed by atoms with van der Waals surface area (Å²) in [5.74, 6) is 0.842. The van der Waals surface area contributed by atoms with Crippen LogP contribution in [0.1, 0.15) is 17.7 Å². The number of fused-ring (bicyclic) bond motifs is 1. The van der Waals surface area contributed by atoms with Crippen LogP contribution in [0.5, 0.6) is 5.75 Å². The number of ether oxygens (including phenoxy) is 1. The summed E-state index contributed by atoms with van der Waals surface area (Å²) in [7, 11) is 0. The summed E-state index contributed by atoms with van der Waals surface area (Å²) in [5, 5.41) is 5.76. The van der Waals surface area contributed by atoms with Crippen molar-refractivity contribution in [1.29, 1.82) is 0 Å². The number of hydrogen-bond acceptors (Lipinski definition) is 3. The molecule has 5 nitrogen and oxygen atoms in total. The number of pyridine rings is 1. The highest BCUT2D eigenvalue weighted by Crippen LogP contribution is 2.23. The van der Waals surface area contributed by atoms with Crippen molar-refractivity contribution in [2.24, 2.45) is 0 Å². The smallest absolute Gasteiger partial charge is 0.252 e. The minimum absolute atomic E-state index is 0.0122. The molecule has 0 aliphatic carbocycles. The number of hydrogen-bond donors (Lipinski definition) is 0. The van der Waals surface area contributed by atoms with Crippen molar-refractivity contribution < 1.29 is 4.74 Å². The van der Waals surface area contributed by atoms with Crippen molar-refractivity contribution in [2.45, 2.75) is 26.8 Å². The van der Waals surface area contributed by atoms with Crippen LogP contribution in [0.4, 0.5) is 0 Å². The Morgan fingerprint density at radius 3 is 2.36 bits per heavy atom. The molecule has 142 valence electrons. The Morgan fingerprint density at radius 2 is 1.64 bits per heavy atom. The zero-order chi connectivity index (χ0) is 19.5. The second-order valence-corrected chi connectivity index (χ2v) is 6.86. The van der Waals surface area contributed by atoms with Crippen LogP contribution in [0.3, 0.4) is 0 Å². The molecule has 0 saturated carbocycles. The lowest BCUT2D eigenvalue weighted by Gasteiger charge is -2.13. The van der Waals surface area contributed by atoms with Crippen LogP contribution in [0.15, 0.2) is 71.5 Å². The zero-order valence-electron chi connectivity index (χ0n) is 16.1. The Kier molecular flexibility index (Phi) is 4.98. The molecule has 0 fully saturated rings. The molecule has 0 aliphatic rings. The third-order valence-electron chi connectivity index (χ3n) is 4.83. The van der Waals surface area contributed by atoms with Crippen molar-refractivity contribution in [2.75, 3.05) is 6.61 Å². The van der Waals surface area contributed by atoms with Gasteiger partial charge in [-0.05, 0) is 50.1 Å². The fraction of sp³-hybridized carbons (Fsp3) is 0.217. The minimum Gasteiger partial charge on any atom is -0.494 e. The Hall–Kier alpha value is -3.34. The Labute approximate surface area is 163 Å². The largest absolute Gasteiger partial charge is 0.494 e. The second kappa shape index (κ2) is 7.72. The molecule has 0 aliphatic heterocycles. The Morgan fingerprint density at radius 1 is 0.964 bits per heavy atom. The summed E-state index contributed by atoms with van der Waals surface area (Å²) >= 11 is 0. The Bertz CT molecular complexity index is 1150. The molecule has 0 amide bonds. The summed E-state index contributed by atoms with van der Waals surface area (Å²) in [6.45, 7) is 5.07. The van der Waals surface area contributed by atoms with E-state index in [9.17, 15) is 4.79 Å². The molecule has 4 rings (SSSR count). The topological polar surface area (TPSA) is 49.1 Å². The van der Waals surface area contributed by atoms with Gasteiger partial charge in [0, 0.05) is 18.0 Å². The molecule has 2 heterocycles. The summed E-state index contributed by atoms with van der Waals surface area (Å²) in [6, 6.07) is 21.4. The van der Waals surface area contributed by atoms with Gasteiger partial charge < -0.3 is 4.74 Å². The number of rotatable bonds is 6. The second-order valence-electron chi connectivity index (χ2n) is 6.86. The summed E-state index contributed by atoms with van der Waals surface area (Å²) in [5.41, 5.74) is 3.65. The highest BCUT2D eigenvalue weighted by Gasteiger charge is 2.16. The zero-order valence-corrected chi connectivity index (χ0v) is 16.1. The molecule has 0 atom stereocenters. The SMILES string of the molecule is Cc1cc(=O)n(CCCOc2ccccc2)c2c1c(C)nn2-c1ccccc1. The van der Waals surface area contributed by atoms with Gasteiger partial charge in [0.1, 0.15) is 11.4 Å². The molecule has 0 bridgehead atoms. The van der Waals surface area contributed by atoms with Crippen molar-refractivity contribution in [3.8, 4) is 11.4 Å². The third-order valence-corrected chi connectivity index (χ3v) is 4.83. The maximum Gasteiger partial charge on any atom is 0.252 e. The molecule has 2 aromatic heterocycles. The van der Waals surface area contributed by atoms with E-state index in [1.165, 1.54) is 0 Å². The van der Waals surface area contributed by atoms with E-state index in [1.807, 2.05) is 83.8 Å². The summed E-state index contributed by atoms with van der Waals surface area (Å²) in [6.07, 6.45) is 0.728. The average molecular weight is 373 g/mol. The van der Waals surface area contributed by atoms with E-state index < -0.39 is 0 Å². The molecule has 0 N–H and O–H groups in total. The molecule has 5 heteroatoms. The highest BCUT2D eigenvalue weighted by atomic mass is 16.5. The first kappa shape index (κ1) is 18.0. The third kappa shape index (κ3) is 3.43. The molecule has 0 radical (unpaired) electrons. The molecular weight excluding hydrogens is 350 g/mol. The number of para-hydroxylation sites is 2. The maximum absolute atomic E-state index is 12.8. The van der Waals surface area contributed by atoms with Gasteiger partial charge in [-0.25, -0.2) is 4.68 Å². The van der Waals surface area contributed by atoms with Crippen LogP contribution in [0.2, 0.25) is 0 Å². The highest BCUT2D eigenvalue weighted by molar-refractivity contribution is 5.83. The van der Waals surface area contributed by atoms with Crippen LogP contribution in [-0.4, -0.2) is 21.0 Å². The average Bonchev–Trinajstić information content (AvgIpc) is 3.06. The Balaban J connectivity index is 1.68. The van der Waals surface area contributed by atoms with Crippen LogP contribution >= 0.6 is 0 Å². The van der Waals surface area contributed by atoms with Gasteiger partial charge in [0.15, 0.2) is 0 Å². The van der Waals surface area contributed by atoms with Gasteiger partial charge >= 0.3 is 0 Å². The van der Waals surface area contributed by atoms with Crippen LogP contribution in [0.25, 0.3) is 16.7 Å². The lowest BCUT2D eigenvalue weighted by molar-refractivity contribution is 0.301. The van der Waals surface area contributed by atoms with Crippen molar-refractivity contribution in [1.82, 2.24) is 14.3 Å². The summed E-state index contributed by atoms with van der Waals surface area (Å²) < 4.78 is 9.47. The van der Waals surface area contributed by atoms with Crippen molar-refractivity contribution in [3.63, 3.8) is 0 Å². The molecule has 0 saturated heterocycles. The van der Waals surface area contributed by atoms with Gasteiger partial charge in [0.2, 0.25) is 0 Å². The van der Waals surface area contributed by atoms with Crippen LogP contribution in [0, 0.1) is 13.8 Å². The maximum atomic E-state index is 12.8. The van der Waals surface area contributed by atoms with Crippen LogP contribution in [-0.2, 0) is 6.54 Å². The van der Waals surface area contributed by atoms with Gasteiger partial charge in [0.25, 0.3) is 5.56 Å². The molecule has 0 unspecified atom stereocenters. The first-order valence-corrected chi connectivity index (χ1v) is 9.48. The van der Waals surface area contributed by atoms with E-state index in [4.69, 9.17) is 9.84 Å².